The zero-order valence-electron chi connectivity index (χ0n) is 5.46. The van der Waals surface area contributed by atoms with Gasteiger partial charge < -0.3 is 0 Å². The lowest BCUT2D eigenvalue weighted by molar-refractivity contribution is 0.201. The molecule has 2 heteroatoms. The SMILES string of the molecule is C=C/C=C\C=C(/C)NO. The monoisotopic (exact) mass is 125 g/mol. The van der Waals surface area contributed by atoms with Gasteiger partial charge in [0.25, 0.3) is 0 Å². The highest BCUT2D eigenvalue weighted by atomic mass is 16.5. The first kappa shape index (κ1) is 7.98. The summed E-state index contributed by atoms with van der Waals surface area (Å²) in [6, 6.07) is 0. The number of hydrogen-bond donors (Lipinski definition) is 2. The molecular formula is C7H11NO. The Bertz CT molecular complexity index is 136. The van der Waals surface area contributed by atoms with Crippen molar-refractivity contribution < 1.29 is 5.21 Å². The van der Waals surface area contributed by atoms with Crippen LogP contribution in [-0.2, 0) is 0 Å². The summed E-state index contributed by atoms with van der Waals surface area (Å²) in [7, 11) is 0. The van der Waals surface area contributed by atoms with E-state index < -0.39 is 0 Å². The van der Waals surface area contributed by atoms with Gasteiger partial charge in [0.15, 0.2) is 0 Å². The second-order valence-corrected chi connectivity index (χ2v) is 1.58. The van der Waals surface area contributed by atoms with E-state index in [1.807, 2.05) is 5.48 Å². The van der Waals surface area contributed by atoms with E-state index in [-0.39, 0.29) is 0 Å². The third-order valence-corrected chi connectivity index (χ3v) is 0.770. The molecule has 2 N–H and O–H groups in total. The summed E-state index contributed by atoms with van der Waals surface area (Å²) < 4.78 is 0. The predicted octanol–water partition coefficient (Wildman–Crippen LogP) is 1.61. The van der Waals surface area contributed by atoms with E-state index in [0.29, 0.717) is 5.70 Å². The average molecular weight is 125 g/mol. The Morgan fingerprint density at radius 1 is 1.56 bits per heavy atom. The van der Waals surface area contributed by atoms with E-state index in [9.17, 15) is 0 Å². The lowest BCUT2D eigenvalue weighted by atomic mass is 10.4. The highest BCUT2D eigenvalue weighted by molar-refractivity contribution is 5.12. The average Bonchev–Trinajstić information content (AvgIpc) is 1.89. The van der Waals surface area contributed by atoms with Crippen molar-refractivity contribution in [2.45, 2.75) is 6.92 Å². The quantitative estimate of drug-likeness (QED) is 0.443. The molecule has 0 aromatic carbocycles. The van der Waals surface area contributed by atoms with E-state index >= 15 is 0 Å². The molecule has 0 rings (SSSR count). The summed E-state index contributed by atoms with van der Waals surface area (Å²) >= 11 is 0. The van der Waals surface area contributed by atoms with Crippen molar-refractivity contribution in [1.29, 1.82) is 0 Å². The second-order valence-electron chi connectivity index (χ2n) is 1.58. The van der Waals surface area contributed by atoms with Crippen LogP contribution in [0.15, 0.2) is 36.6 Å². The van der Waals surface area contributed by atoms with Crippen molar-refractivity contribution in [3.05, 3.63) is 36.6 Å². The third-order valence-electron chi connectivity index (χ3n) is 0.770. The van der Waals surface area contributed by atoms with Gasteiger partial charge in [-0.25, -0.2) is 0 Å². The molecular weight excluding hydrogens is 114 g/mol. The van der Waals surface area contributed by atoms with Crippen LogP contribution in [0.5, 0.6) is 0 Å². The molecule has 0 unspecified atom stereocenters. The van der Waals surface area contributed by atoms with Gasteiger partial charge in [-0.1, -0.05) is 24.8 Å². The zero-order chi connectivity index (χ0) is 7.11. The van der Waals surface area contributed by atoms with Gasteiger partial charge in [0.1, 0.15) is 0 Å². The van der Waals surface area contributed by atoms with Gasteiger partial charge in [0, 0.05) is 5.70 Å². The maximum Gasteiger partial charge on any atom is 0.0345 e. The molecule has 0 aromatic heterocycles. The van der Waals surface area contributed by atoms with Crippen molar-refractivity contribution in [3.8, 4) is 0 Å². The van der Waals surface area contributed by atoms with E-state index in [1.165, 1.54) is 0 Å². The summed E-state index contributed by atoms with van der Waals surface area (Å²) in [5.74, 6) is 0. The van der Waals surface area contributed by atoms with Gasteiger partial charge in [0.2, 0.25) is 0 Å². The van der Waals surface area contributed by atoms with Crippen LogP contribution in [-0.4, -0.2) is 5.21 Å². The molecule has 0 aliphatic rings. The maximum atomic E-state index is 8.26. The summed E-state index contributed by atoms with van der Waals surface area (Å²) in [6.07, 6.45) is 6.97. The molecule has 2 nitrogen and oxygen atoms in total. The lowest BCUT2D eigenvalue weighted by Crippen LogP contribution is -2.01. The van der Waals surface area contributed by atoms with Crippen LogP contribution in [0.25, 0.3) is 0 Å². The van der Waals surface area contributed by atoms with Crippen molar-refractivity contribution in [3.63, 3.8) is 0 Å². The highest BCUT2D eigenvalue weighted by Crippen LogP contribution is 1.84. The fourth-order valence-electron chi connectivity index (χ4n) is 0.316. The summed E-state index contributed by atoms with van der Waals surface area (Å²) in [4.78, 5) is 0. The van der Waals surface area contributed by atoms with Crippen molar-refractivity contribution in [2.75, 3.05) is 0 Å². The highest BCUT2D eigenvalue weighted by Gasteiger charge is 1.74. The normalized spacial score (nSPS) is 12.0. The van der Waals surface area contributed by atoms with E-state index in [1.54, 1.807) is 31.2 Å². The van der Waals surface area contributed by atoms with Crippen LogP contribution >= 0.6 is 0 Å². The summed E-state index contributed by atoms with van der Waals surface area (Å²) in [5.41, 5.74) is 2.70. The standard InChI is InChI=1S/C7H11NO/c1-3-4-5-6-7(2)8-9/h3-6,8-9H,1H2,2H3/b5-4-,7-6+. The molecule has 0 spiro atoms. The van der Waals surface area contributed by atoms with Crippen LogP contribution in [0, 0.1) is 0 Å². The number of rotatable bonds is 3. The van der Waals surface area contributed by atoms with Crippen LogP contribution < -0.4 is 5.48 Å². The molecule has 0 aromatic rings. The Morgan fingerprint density at radius 3 is 2.67 bits per heavy atom. The molecule has 0 bridgehead atoms. The molecule has 0 amide bonds. The third kappa shape index (κ3) is 4.84. The summed E-state index contributed by atoms with van der Waals surface area (Å²) in [6.45, 7) is 5.24. The van der Waals surface area contributed by atoms with Gasteiger partial charge in [-0.2, -0.15) is 0 Å². The number of allylic oxidation sites excluding steroid dienone is 5. The molecule has 0 fully saturated rings. The van der Waals surface area contributed by atoms with Crippen molar-refractivity contribution in [1.82, 2.24) is 5.48 Å². The van der Waals surface area contributed by atoms with Crippen LogP contribution in [0.2, 0.25) is 0 Å². The second kappa shape index (κ2) is 5.12. The van der Waals surface area contributed by atoms with Crippen LogP contribution in [0.4, 0.5) is 0 Å². The Morgan fingerprint density at radius 2 is 2.22 bits per heavy atom. The lowest BCUT2D eigenvalue weighted by Gasteiger charge is -1.91. The van der Waals surface area contributed by atoms with Gasteiger partial charge in [-0.3, -0.25) is 10.7 Å². The number of nitrogens with one attached hydrogen (secondary N) is 1. The topological polar surface area (TPSA) is 32.3 Å². The van der Waals surface area contributed by atoms with Gasteiger partial charge >= 0.3 is 0 Å². The van der Waals surface area contributed by atoms with Gasteiger partial charge in [-0.15, -0.1) is 0 Å². The molecule has 0 atom stereocenters. The number of hydrogen-bond acceptors (Lipinski definition) is 2. The van der Waals surface area contributed by atoms with Gasteiger partial charge in [-0.05, 0) is 13.0 Å². The maximum absolute atomic E-state index is 8.26. The molecule has 50 valence electrons. The minimum Gasteiger partial charge on any atom is -0.291 e. The molecule has 0 aliphatic heterocycles. The predicted molar refractivity (Wildman–Crippen MR) is 38.0 cm³/mol. The van der Waals surface area contributed by atoms with Crippen LogP contribution in [0.3, 0.4) is 0 Å². The molecule has 0 saturated carbocycles. The molecule has 0 saturated heterocycles. The van der Waals surface area contributed by atoms with E-state index in [0.717, 1.165) is 0 Å². The summed E-state index contributed by atoms with van der Waals surface area (Å²) in [5, 5.41) is 8.26. The smallest absolute Gasteiger partial charge is 0.0345 e. The minimum atomic E-state index is 0.702. The first-order valence-corrected chi connectivity index (χ1v) is 2.67. The van der Waals surface area contributed by atoms with Gasteiger partial charge in [0.05, 0.1) is 0 Å². The van der Waals surface area contributed by atoms with E-state index in [2.05, 4.69) is 6.58 Å². The fourth-order valence-corrected chi connectivity index (χ4v) is 0.316. The molecule has 0 heterocycles. The Labute approximate surface area is 55.2 Å². The Balaban J connectivity index is 3.67. The van der Waals surface area contributed by atoms with Crippen molar-refractivity contribution in [2.24, 2.45) is 0 Å². The first-order valence-electron chi connectivity index (χ1n) is 2.67. The minimum absolute atomic E-state index is 0.702. The van der Waals surface area contributed by atoms with E-state index in [4.69, 9.17) is 5.21 Å². The largest absolute Gasteiger partial charge is 0.291 e. The molecule has 9 heavy (non-hydrogen) atoms. The molecule has 0 aliphatic carbocycles. The Kier molecular flexibility index (Phi) is 4.54. The fraction of sp³-hybridized carbons (Fsp3) is 0.143. The molecule has 0 radical (unpaired) electrons. The Hall–Kier alpha value is -1.02. The first-order chi connectivity index (χ1) is 4.31. The van der Waals surface area contributed by atoms with Crippen molar-refractivity contribution >= 4 is 0 Å². The number of hydroxylamine groups is 1. The zero-order valence-corrected chi connectivity index (χ0v) is 5.46. The van der Waals surface area contributed by atoms with Crippen LogP contribution in [0.1, 0.15) is 6.92 Å².